The van der Waals surface area contributed by atoms with Gasteiger partial charge in [0.2, 0.25) is 5.91 Å². The van der Waals surface area contributed by atoms with Gasteiger partial charge >= 0.3 is 5.97 Å². The minimum Gasteiger partial charge on any atom is -0.459 e. The molecular weight excluding hydrogens is 684 g/mol. The molecule has 3 aliphatic heterocycles. The van der Waals surface area contributed by atoms with Crippen LogP contribution in [0.5, 0.6) is 0 Å². The molecule has 0 radical (unpaired) electrons. The van der Waals surface area contributed by atoms with Gasteiger partial charge in [-0.1, -0.05) is 20.8 Å². The second-order valence-electron chi connectivity index (χ2n) is 17.2. The standard InChI is InChI=1S/C39H74N4O10/c1-13-30-39(8,49)33(45)27(6)43(12)22-23(2)21-38(7,48)34(25(4)31(44)26(5)36(47)52-30)53-37-32(29(41(9)10)20-24(3)51-37)50-19-15-17-40-35(46)28-16-14-18-42(28)11/h23-34,37,44-45,48-49H,13-22H2,1-12H3,(H,40,46)/t23-,24-,25+,26-,27-,28+,29+,30-,31+,32-,33-,34-,37+,38-,39-/m1/s1. The number of amides is 1. The van der Waals surface area contributed by atoms with Crippen molar-refractivity contribution in [2.45, 2.75) is 166 Å². The molecule has 5 N–H and O–H groups in total. The molecule has 1 amide bonds. The molecule has 0 aromatic rings. The van der Waals surface area contributed by atoms with Gasteiger partial charge in [0.25, 0.3) is 0 Å². The third-order valence-electron chi connectivity index (χ3n) is 12.2. The van der Waals surface area contributed by atoms with Gasteiger partial charge < -0.3 is 54.5 Å². The summed E-state index contributed by atoms with van der Waals surface area (Å²) in [4.78, 5) is 32.4. The van der Waals surface area contributed by atoms with Crippen LogP contribution in [0.1, 0.15) is 93.9 Å². The highest BCUT2D eigenvalue weighted by atomic mass is 16.7. The number of hydrogen-bond donors (Lipinski definition) is 5. The van der Waals surface area contributed by atoms with Crippen LogP contribution in [0.3, 0.4) is 0 Å². The Morgan fingerprint density at radius 2 is 1.74 bits per heavy atom. The molecule has 3 aliphatic rings. The van der Waals surface area contributed by atoms with Crippen molar-refractivity contribution in [3.63, 3.8) is 0 Å². The van der Waals surface area contributed by atoms with Crippen LogP contribution in [0.4, 0.5) is 0 Å². The normalized spacial score (nSPS) is 43.3. The zero-order chi connectivity index (χ0) is 40.0. The lowest BCUT2D eigenvalue weighted by Gasteiger charge is -2.48. The molecule has 14 heteroatoms. The molecule has 0 bridgehead atoms. The average molecular weight is 759 g/mol. The Kier molecular flexibility index (Phi) is 17.0. The zero-order valence-corrected chi connectivity index (χ0v) is 34.7. The number of ether oxygens (including phenoxy) is 4. The molecular formula is C39H74N4O10. The Balaban J connectivity index is 1.90. The molecule has 0 aliphatic carbocycles. The largest absolute Gasteiger partial charge is 0.459 e. The summed E-state index contributed by atoms with van der Waals surface area (Å²) in [5, 5.41) is 50.0. The summed E-state index contributed by atoms with van der Waals surface area (Å²) >= 11 is 0. The number of hydrogen-bond acceptors (Lipinski definition) is 13. The van der Waals surface area contributed by atoms with E-state index in [0.29, 0.717) is 32.5 Å². The molecule has 3 saturated heterocycles. The highest BCUT2D eigenvalue weighted by Gasteiger charge is 2.50. The van der Waals surface area contributed by atoms with Crippen molar-refractivity contribution in [1.82, 2.24) is 20.0 Å². The second-order valence-corrected chi connectivity index (χ2v) is 17.2. The predicted molar refractivity (Wildman–Crippen MR) is 202 cm³/mol. The maximum Gasteiger partial charge on any atom is 0.311 e. The molecule has 3 fully saturated rings. The van der Waals surface area contributed by atoms with E-state index in [1.54, 1.807) is 27.7 Å². The molecule has 310 valence electrons. The Morgan fingerprint density at radius 3 is 2.32 bits per heavy atom. The SMILES string of the molecule is CC[C@H]1OC(=O)[C@H](C)[C@@H](O)[C@H](C)[C@@H](O[C@@H]2O[C@H](C)C[C@H](N(C)C)[C@H]2OCCCNC(=O)[C@@H]2CCCN2C)[C@](C)(O)C[C@@H](C)CN(C)[C@H](C)[C@@H](O)[C@]1(C)O. The van der Waals surface area contributed by atoms with Crippen molar-refractivity contribution >= 4 is 11.9 Å². The number of nitrogens with zero attached hydrogens (tertiary/aromatic N) is 3. The van der Waals surface area contributed by atoms with Gasteiger partial charge in [-0.2, -0.15) is 0 Å². The second kappa shape index (κ2) is 19.6. The molecule has 0 saturated carbocycles. The minimum absolute atomic E-state index is 0.0335. The number of rotatable bonds is 10. The summed E-state index contributed by atoms with van der Waals surface area (Å²) in [5.41, 5.74) is -3.27. The fraction of sp³-hybridized carbons (Fsp3) is 0.949. The van der Waals surface area contributed by atoms with Crippen molar-refractivity contribution in [3.8, 4) is 0 Å². The lowest BCUT2D eigenvalue weighted by molar-refractivity contribution is -0.306. The van der Waals surface area contributed by atoms with Crippen LogP contribution >= 0.6 is 0 Å². The summed E-state index contributed by atoms with van der Waals surface area (Å²) < 4.78 is 25.6. The summed E-state index contributed by atoms with van der Waals surface area (Å²) in [6.07, 6.45) is -2.63. The number of esters is 1. The van der Waals surface area contributed by atoms with Crippen LogP contribution in [-0.2, 0) is 28.5 Å². The predicted octanol–water partition coefficient (Wildman–Crippen LogP) is 1.60. The van der Waals surface area contributed by atoms with Gasteiger partial charge in [0, 0.05) is 37.7 Å². The first kappa shape index (κ1) is 45.9. The van der Waals surface area contributed by atoms with Gasteiger partial charge in [-0.15, -0.1) is 0 Å². The number of aliphatic hydroxyl groups is 4. The monoisotopic (exact) mass is 759 g/mol. The van der Waals surface area contributed by atoms with Gasteiger partial charge in [-0.05, 0) is 114 Å². The highest BCUT2D eigenvalue weighted by Crippen LogP contribution is 2.37. The van der Waals surface area contributed by atoms with E-state index < -0.39 is 71.9 Å². The van der Waals surface area contributed by atoms with E-state index >= 15 is 0 Å². The van der Waals surface area contributed by atoms with Gasteiger partial charge in [0.1, 0.15) is 23.9 Å². The smallest absolute Gasteiger partial charge is 0.311 e. The van der Waals surface area contributed by atoms with Crippen LogP contribution in [0.25, 0.3) is 0 Å². The Labute approximate surface area is 318 Å². The summed E-state index contributed by atoms with van der Waals surface area (Å²) in [7, 11) is 7.78. The minimum atomic E-state index is -1.76. The van der Waals surface area contributed by atoms with E-state index in [0.717, 1.165) is 19.4 Å². The quantitative estimate of drug-likeness (QED) is 0.161. The van der Waals surface area contributed by atoms with Crippen LogP contribution in [0.15, 0.2) is 0 Å². The molecule has 15 atom stereocenters. The Bertz CT molecular complexity index is 1160. The maximum absolute atomic E-state index is 13.6. The van der Waals surface area contributed by atoms with E-state index in [4.69, 9.17) is 18.9 Å². The third kappa shape index (κ3) is 11.5. The van der Waals surface area contributed by atoms with Gasteiger partial charge in [0.05, 0.1) is 35.9 Å². The molecule has 14 nitrogen and oxygen atoms in total. The number of carbonyl (C=O) groups is 2. The first-order valence-electron chi connectivity index (χ1n) is 19.9. The fourth-order valence-corrected chi connectivity index (χ4v) is 8.77. The first-order valence-corrected chi connectivity index (χ1v) is 19.9. The van der Waals surface area contributed by atoms with Crippen molar-refractivity contribution in [1.29, 1.82) is 0 Å². The number of aliphatic hydroxyl groups excluding tert-OH is 2. The summed E-state index contributed by atoms with van der Waals surface area (Å²) in [5.74, 6) is -2.64. The van der Waals surface area contributed by atoms with Crippen molar-refractivity contribution < 1.29 is 49.0 Å². The molecule has 3 heterocycles. The molecule has 0 aromatic carbocycles. The van der Waals surface area contributed by atoms with Crippen molar-refractivity contribution in [2.24, 2.45) is 17.8 Å². The number of nitrogens with one attached hydrogen (secondary N) is 1. The van der Waals surface area contributed by atoms with Crippen LogP contribution in [0, 0.1) is 17.8 Å². The maximum atomic E-state index is 13.6. The average Bonchev–Trinajstić information content (AvgIpc) is 3.52. The number of carbonyl (C=O) groups excluding carboxylic acids is 2. The summed E-state index contributed by atoms with van der Waals surface area (Å²) in [6.45, 7) is 16.2. The fourth-order valence-electron chi connectivity index (χ4n) is 8.77. The van der Waals surface area contributed by atoms with E-state index in [2.05, 4.69) is 15.1 Å². The van der Waals surface area contributed by atoms with E-state index in [1.807, 2.05) is 53.9 Å². The summed E-state index contributed by atoms with van der Waals surface area (Å²) in [6, 6.07) is -0.703. The molecule has 0 aromatic heterocycles. The van der Waals surface area contributed by atoms with E-state index in [-0.39, 0.29) is 42.9 Å². The van der Waals surface area contributed by atoms with E-state index in [9.17, 15) is 30.0 Å². The van der Waals surface area contributed by atoms with Crippen molar-refractivity contribution in [3.05, 3.63) is 0 Å². The van der Waals surface area contributed by atoms with Gasteiger partial charge in [0.15, 0.2) is 6.29 Å². The molecule has 3 rings (SSSR count). The third-order valence-corrected chi connectivity index (χ3v) is 12.2. The van der Waals surface area contributed by atoms with Crippen LogP contribution in [0.2, 0.25) is 0 Å². The highest BCUT2D eigenvalue weighted by molar-refractivity contribution is 5.81. The van der Waals surface area contributed by atoms with Gasteiger partial charge in [-0.3, -0.25) is 14.5 Å². The molecule has 0 unspecified atom stereocenters. The van der Waals surface area contributed by atoms with Crippen LogP contribution in [-0.4, -0.2) is 174 Å². The molecule has 0 spiro atoms. The Hall–Kier alpha value is -1.46. The van der Waals surface area contributed by atoms with Crippen molar-refractivity contribution in [2.75, 3.05) is 54.4 Å². The molecule has 53 heavy (non-hydrogen) atoms. The number of likely N-dealkylation sites (N-methyl/N-ethyl adjacent to an activating group) is 3. The zero-order valence-electron chi connectivity index (χ0n) is 34.7. The number of cyclic esters (lactones) is 1. The van der Waals surface area contributed by atoms with Gasteiger partial charge in [-0.25, -0.2) is 0 Å². The lowest BCUT2D eigenvalue weighted by Crippen LogP contribution is -2.60. The first-order chi connectivity index (χ1) is 24.6. The van der Waals surface area contributed by atoms with E-state index in [1.165, 1.54) is 6.92 Å². The lowest BCUT2D eigenvalue weighted by atomic mass is 9.78. The number of likely N-dealkylation sites (tertiary alicyclic amines) is 1. The van der Waals surface area contributed by atoms with Crippen LogP contribution < -0.4 is 5.32 Å². The Morgan fingerprint density at radius 1 is 1.08 bits per heavy atom. The topological polar surface area (TPSA) is 174 Å².